The standard InChI is InChI=1S/C12H27GeSe/c1-4-7-10-13(14,11-8-5-2)12-9-6-3/h4-12H2,1-3H3. The van der Waals surface area contributed by atoms with E-state index in [1.807, 2.05) is 0 Å². The molecule has 2 heteroatoms. The summed E-state index contributed by atoms with van der Waals surface area (Å²) in [5.41, 5.74) is 0. The minimum absolute atomic E-state index is 1.38. The van der Waals surface area contributed by atoms with Crippen LogP contribution in [0.4, 0.5) is 0 Å². The molecule has 0 atom stereocenters. The van der Waals surface area contributed by atoms with Crippen LogP contribution in [0.2, 0.25) is 15.8 Å². The van der Waals surface area contributed by atoms with Crippen LogP contribution in [0.25, 0.3) is 0 Å². The third-order valence-corrected chi connectivity index (χ3v) is 17.6. The van der Waals surface area contributed by atoms with Crippen molar-refractivity contribution in [2.75, 3.05) is 0 Å². The van der Waals surface area contributed by atoms with Crippen LogP contribution in [0.1, 0.15) is 59.3 Å². The summed E-state index contributed by atoms with van der Waals surface area (Å²) in [4.78, 5) is 0. The van der Waals surface area contributed by atoms with Crippen LogP contribution in [-0.4, -0.2) is 25.5 Å². The topological polar surface area (TPSA) is 0 Å². The molecule has 0 aliphatic rings. The molecular weight excluding hydrogens is 296 g/mol. The molecule has 0 heterocycles. The van der Waals surface area contributed by atoms with E-state index in [9.17, 15) is 0 Å². The predicted octanol–water partition coefficient (Wildman–Crippen LogP) is 4.50. The van der Waals surface area contributed by atoms with Crippen LogP contribution >= 0.6 is 0 Å². The van der Waals surface area contributed by atoms with E-state index >= 15 is 0 Å². The van der Waals surface area contributed by atoms with Gasteiger partial charge < -0.3 is 0 Å². The summed E-state index contributed by atoms with van der Waals surface area (Å²) in [6.07, 6.45) is 8.56. The zero-order valence-corrected chi connectivity index (χ0v) is 14.1. The average Bonchev–Trinajstić information content (AvgIpc) is 2.21. The van der Waals surface area contributed by atoms with E-state index in [1.165, 1.54) is 38.5 Å². The first-order valence-corrected chi connectivity index (χ1v) is 16.1. The first-order valence-electron chi connectivity index (χ1n) is 6.39. The fraction of sp³-hybridized carbons (Fsp3) is 1.00. The van der Waals surface area contributed by atoms with E-state index in [4.69, 9.17) is 0 Å². The fourth-order valence-electron chi connectivity index (χ4n) is 1.87. The monoisotopic (exact) mass is 325 g/mol. The van der Waals surface area contributed by atoms with Gasteiger partial charge in [0.25, 0.3) is 0 Å². The van der Waals surface area contributed by atoms with Crippen LogP contribution in [0, 0.1) is 0 Å². The molecule has 85 valence electrons. The van der Waals surface area contributed by atoms with Crippen molar-refractivity contribution in [3.8, 4) is 0 Å². The van der Waals surface area contributed by atoms with Crippen molar-refractivity contribution < 1.29 is 0 Å². The van der Waals surface area contributed by atoms with Crippen molar-refractivity contribution in [2.45, 2.75) is 75.1 Å². The molecule has 0 aromatic carbocycles. The molecule has 14 heavy (non-hydrogen) atoms. The number of rotatable bonds is 9. The Bertz CT molecular complexity index is 104. The van der Waals surface area contributed by atoms with E-state index in [0.29, 0.717) is 0 Å². The van der Waals surface area contributed by atoms with Crippen molar-refractivity contribution in [1.82, 2.24) is 0 Å². The Morgan fingerprint density at radius 1 is 0.714 bits per heavy atom. The van der Waals surface area contributed by atoms with Crippen molar-refractivity contribution >= 4 is 25.5 Å². The summed E-state index contributed by atoms with van der Waals surface area (Å²) in [7, 11) is 0. The summed E-state index contributed by atoms with van der Waals surface area (Å²) in [6.45, 7) is 6.97. The summed E-state index contributed by atoms with van der Waals surface area (Å²) < 4.78 is 0. The molecule has 0 nitrogen and oxygen atoms in total. The molecule has 0 saturated heterocycles. The van der Waals surface area contributed by atoms with Gasteiger partial charge in [-0.2, -0.15) is 0 Å². The first-order chi connectivity index (χ1) is 6.68. The van der Waals surface area contributed by atoms with Crippen LogP contribution in [0.3, 0.4) is 0 Å². The second-order valence-electron chi connectivity index (χ2n) is 4.49. The minimum atomic E-state index is -1.45. The van der Waals surface area contributed by atoms with E-state index in [0.717, 1.165) is 0 Å². The Kier molecular flexibility index (Phi) is 10.0. The maximum atomic E-state index is 3.68. The van der Waals surface area contributed by atoms with Gasteiger partial charge in [0, 0.05) is 0 Å². The van der Waals surface area contributed by atoms with Gasteiger partial charge in [-0.1, -0.05) is 0 Å². The molecule has 1 radical (unpaired) electrons. The second-order valence-corrected chi connectivity index (χ2v) is 22.0. The predicted molar refractivity (Wildman–Crippen MR) is 70.7 cm³/mol. The van der Waals surface area contributed by atoms with Crippen molar-refractivity contribution in [2.24, 2.45) is 0 Å². The number of hydrogen-bond donors (Lipinski definition) is 0. The Hall–Kier alpha value is 1.06. The Balaban J connectivity index is 3.89. The van der Waals surface area contributed by atoms with Crippen molar-refractivity contribution in [3.05, 3.63) is 0 Å². The van der Waals surface area contributed by atoms with E-state index < -0.39 is 11.4 Å². The molecule has 0 N–H and O–H groups in total. The molecule has 0 bridgehead atoms. The molecule has 0 aromatic heterocycles. The molecule has 0 aliphatic heterocycles. The maximum absolute atomic E-state index is 3.68. The summed E-state index contributed by atoms with van der Waals surface area (Å²) in [5.74, 6) is 0. The van der Waals surface area contributed by atoms with Crippen LogP contribution in [0.15, 0.2) is 0 Å². The molecule has 0 aliphatic carbocycles. The number of hydrogen-bond acceptors (Lipinski definition) is 0. The van der Waals surface area contributed by atoms with Crippen molar-refractivity contribution in [1.29, 1.82) is 0 Å². The SMILES string of the molecule is CCC[CH2][Ge]([Se])([CH2]CCC)[CH2]CCC. The van der Waals surface area contributed by atoms with Gasteiger partial charge in [0.05, 0.1) is 0 Å². The Morgan fingerprint density at radius 3 is 1.21 bits per heavy atom. The molecule has 0 unspecified atom stereocenters. The quantitative estimate of drug-likeness (QED) is 0.548. The van der Waals surface area contributed by atoms with Gasteiger partial charge in [-0.3, -0.25) is 0 Å². The zero-order chi connectivity index (χ0) is 10.9. The molecule has 0 amide bonds. The Labute approximate surface area is 100 Å². The molecule has 0 rings (SSSR count). The van der Waals surface area contributed by atoms with Gasteiger partial charge in [-0.25, -0.2) is 0 Å². The van der Waals surface area contributed by atoms with Gasteiger partial charge in [0.1, 0.15) is 0 Å². The average molecular weight is 323 g/mol. The third kappa shape index (κ3) is 7.37. The summed E-state index contributed by atoms with van der Waals surface area (Å²) in [5, 5.41) is 4.74. The van der Waals surface area contributed by atoms with E-state index in [1.54, 1.807) is 15.8 Å². The summed E-state index contributed by atoms with van der Waals surface area (Å²) >= 11 is 2.23. The zero-order valence-electron chi connectivity index (χ0n) is 10.3. The normalized spacial score (nSPS) is 12.0. The summed E-state index contributed by atoms with van der Waals surface area (Å²) in [6, 6.07) is 0. The second kappa shape index (κ2) is 9.30. The van der Waals surface area contributed by atoms with Crippen LogP contribution in [0.5, 0.6) is 0 Å². The van der Waals surface area contributed by atoms with Crippen LogP contribution < -0.4 is 0 Å². The van der Waals surface area contributed by atoms with Gasteiger partial charge >= 0.3 is 101 Å². The van der Waals surface area contributed by atoms with E-state index in [-0.39, 0.29) is 0 Å². The fourth-order valence-corrected chi connectivity index (χ4v) is 14.4. The molecule has 0 fully saturated rings. The molecule has 0 spiro atoms. The molecule has 0 aromatic rings. The molecule has 0 saturated carbocycles. The first kappa shape index (κ1) is 15.1. The van der Waals surface area contributed by atoms with Gasteiger partial charge in [0.2, 0.25) is 0 Å². The van der Waals surface area contributed by atoms with Crippen LogP contribution in [-0.2, 0) is 0 Å². The number of unbranched alkanes of at least 4 members (excludes halogenated alkanes) is 3. The van der Waals surface area contributed by atoms with Gasteiger partial charge in [0.15, 0.2) is 0 Å². The van der Waals surface area contributed by atoms with Crippen molar-refractivity contribution in [3.63, 3.8) is 0 Å². The van der Waals surface area contributed by atoms with Gasteiger partial charge in [-0.15, -0.1) is 0 Å². The van der Waals surface area contributed by atoms with E-state index in [2.05, 4.69) is 34.9 Å². The Morgan fingerprint density at radius 2 is 1.00 bits per heavy atom. The molecular formula is C12H27GeSe. The van der Waals surface area contributed by atoms with Gasteiger partial charge in [-0.05, 0) is 0 Å². The third-order valence-electron chi connectivity index (χ3n) is 2.96.